The van der Waals surface area contributed by atoms with Crippen LogP contribution in [0.25, 0.3) is 11.0 Å². The first-order chi connectivity index (χ1) is 9.21. The Labute approximate surface area is 110 Å². The smallest absolute Gasteiger partial charge is 0.230 e. The van der Waals surface area contributed by atoms with Crippen LogP contribution < -0.4 is 9.64 Å². The SMILES string of the molecule is C#CC1CC(=O)N(c2nc3ccc(OC)cc3[nH]2)C1. The molecule has 1 amide bonds. The fraction of sp³-hybridized carbons (Fsp3) is 0.286. The first kappa shape index (κ1) is 11.6. The number of carbonyl (C=O) groups excluding carboxylic acids is 1. The number of H-pyrrole nitrogens is 1. The normalized spacial score (nSPS) is 18.8. The molecule has 0 radical (unpaired) electrons. The maximum Gasteiger partial charge on any atom is 0.230 e. The van der Waals surface area contributed by atoms with E-state index in [-0.39, 0.29) is 11.8 Å². The Morgan fingerprint density at radius 2 is 2.42 bits per heavy atom. The molecule has 2 heterocycles. The lowest BCUT2D eigenvalue weighted by atomic mass is 10.1. The van der Waals surface area contributed by atoms with Crippen molar-refractivity contribution >= 4 is 22.9 Å². The average molecular weight is 255 g/mol. The second-order valence-electron chi connectivity index (χ2n) is 4.52. The number of amides is 1. The zero-order valence-corrected chi connectivity index (χ0v) is 10.5. The Kier molecular flexibility index (Phi) is 2.64. The third kappa shape index (κ3) is 1.91. The maximum absolute atomic E-state index is 11.9. The molecule has 0 spiro atoms. The van der Waals surface area contributed by atoms with Crippen LogP contribution in [0.1, 0.15) is 6.42 Å². The summed E-state index contributed by atoms with van der Waals surface area (Å²) in [5.74, 6) is 3.89. The van der Waals surface area contributed by atoms with Crippen LogP contribution in [-0.4, -0.2) is 29.5 Å². The molecule has 1 aromatic carbocycles. The largest absolute Gasteiger partial charge is 0.497 e. The topological polar surface area (TPSA) is 58.2 Å². The lowest BCUT2D eigenvalue weighted by Gasteiger charge is -2.11. The first-order valence-electron chi connectivity index (χ1n) is 6.01. The van der Waals surface area contributed by atoms with Gasteiger partial charge < -0.3 is 9.72 Å². The summed E-state index contributed by atoms with van der Waals surface area (Å²) in [6, 6.07) is 5.54. The number of anilines is 1. The number of aromatic nitrogens is 2. The predicted molar refractivity (Wildman–Crippen MR) is 71.9 cm³/mol. The van der Waals surface area contributed by atoms with Crippen LogP contribution in [0, 0.1) is 18.3 Å². The molecule has 0 saturated carbocycles. The van der Waals surface area contributed by atoms with Crippen molar-refractivity contribution in [2.45, 2.75) is 6.42 Å². The van der Waals surface area contributed by atoms with Gasteiger partial charge >= 0.3 is 0 Å². The molecular formula is C14H13N3O2. The van der Waals surface area contributed by atoms with Gasteiger partial charge in [0.2, 0.25) is 11.9 Å². The molecule has 96 valence electrons. The van der Waals surface area contributed by atoms with Gasteiger partial charge in [-0.05, 0) is 12.1 Å². The Morgan fingerprint density at radius 1 is 1.58 bits per heavy atom. The number of aromatic amines is 1. The zero-order valence-electron chi connectivity index (χ0n) is 10.5. The lowest BCUT2D eigenvalue weighted by molar-refractivity contribution is -0.117. The maximum atomic E-state index is 11.9. The molecule has 5 nitrogen and oxygen atoms in total. The summed E-state index contributed by atoms with van der Waals surface area (Å²) in [6.45, 7) is 0.520. The van der Waals surface area contributed by atoms with E-state index < -0.39 is 0 Å². The summed E-state index contributed by atoms with van der Waals surface area (Å²) < 4.78 is 5.16. The number of imidazole rings is 1. The quantitative estimate of drug-likeness (QED) is 0.828. The minimum absolute atomic E-state index is 0.00831. The van der Waals surface area contributed by atoms with Crippen LogP contribution in [0.2, 0.25) is 0 Å². The van der Waals surface area contributed by atoms with E-state index in [9.17, 15) is 4.79 Å². The van der Waals surface area contributed by atoms with Crippen molar-refractivity contribution in [1.82, 2.24) is 9.97 Å². The van der Waals surface area contributed by atoms with Crippen molar-refractivity contribution in [3.8, 4) is 18.1 Å². The van der Waals surface area contributed by atoms with E-state index >= 15 is 0 Å². The van der Waals surface area contributed by atoms with E-state index in [1.807, 2.05) is 18.2 Å². The number of benzene rings is 1. The van der Waals surface area contributed by atoms with Gasteiger partial charge in [-0.2, -0.15) is 0 Å². The van der Waals surface area contributed by atoms with Gasteiger partial charge in [0, 0.05) is 24.9 Å². The predicted octanol–water partition coefficient (Wildman–Crippen LogP) is 1.56. The fourth-order valence-electron chi connectivity index (χ4n) is 2.25. The molecule has 19 heavy (non-hydrogen) atoms. The van der Waals surface area contributed by atoms with Crippen molar-refractivity contribution in [3.05, 3.63) is 18.2 Å². The third-order valence-corrected chi connectivity index (χ3v) is 3.29. The number of nitrogens with one attached hydrogen (secondary N) is 1. The summed E-state index contributed by atoms with van der Waals surface area (Å²) in [5, 5.41) is 0. The van der Waals surface area contributed by atoms with Crippen molar-refractivity contribution in [3.63, 3.8) is 0 Å². The van der Waals surface area contributed by atoms with Crippen LogP contribution in [-0.2, 0) is 4.79 Å². The van der Waals surface area contributed by atoms with E-state index in [4.69, 9.17) is 11.2 Å². The molecule has 1 aromatic heterocycles. The van der Waals surface area contributed by atoms with Crippen molar-refractivity contribution in [2.24, 2.45) is 5.92 Å². The van der Waals surface area contributed by atoms with Crippen LogP contribution in [0.15, 0.2) is 18.2 Å². The highest BCUT2D eigenvalue weighted by molar-refractivity contribution is 5.96. The van der Waals surface area contributed by atoms with Crippen LogP contribution in [0.4, 0.5) is 5.95 Å². The number of terminal acetylenes is 1. The van der Waals surface area contributed by atoms with Gasteiger partial charge in [-0.1, -0.05) is 0 Å². The fourth-order valence-corrected chi connectivity index (χ4v) is 2.25. The van der Waals surface area contributed by atoms with Crippen LogP contribution in [0.3, 0.4) is 0 Å². The Morgan fingerprint density at radius 3 is 3.11 bits per heavy atom. The Hall–Kier alpha value is -2.48. The van der Waals surface area contributed by atoms with Gasteiger partial charge in [0.05, 0.1) is 18.1 Å². The standard InChI is InChI=1S/C14H13N3O2/c1-3-9-6-13(18)17(8-9)14-15-11-5-4-10(19-2)7-12(11)16-14/h1,4-5,7,9H,6,8H2,2H3,(H,15,16). The highest BCUT2D eigenvalue weighted by Crippen LogP contribution is 2.26. The van der Waals surface area contributed by atoms with E-state index in [2.05, 4.69) is 15.9 Å². The van der Waals surface area contributed by atoms with Crippen LogP contribution in [0.5, 0.6) is 5.75 Å². The van der Waals surface area contributed by atoms with Crippen molar-refractivity contribution in [1.29, 1.82) is 0 Å². The van der Waals surface area contributed by atoms with Crippen molar-refractivity contribution in [2.75, 3.05) is 18.6 Å². The number of methoxy groups -OCH3 is 1. The monoisotopic (exact) mass is 255 g/mol. The molecular weight excluding hydrogens is 242 g/mol. The lowest BCUT2D eigenvalue weighted by Crippen LogP contribution is -2.25. The third-order valence-electron chi connectivity index (χ3n) is 3.29. The molecule has 5 heteroatoms. The summed E-state index contributed by atoms with van der Waals surface area (Å²) in [7, 11) is 1.61. The minimum atomic E-state index is -0.0322. The number of fused-ring (bicyclic) bond motifs is 1. The number of hydrogen-bond donors (Lipinski definition) is 1. The summed E-state index contributed by atoms with van der Waals surface area (Å²) in [5.41, 5.74) is 1.64. The molecule has 1 unspecified atom stereocenters. The Bertz CT molecular complexity index is 684. The average Bonchev–Trinajstić information content (AvgIpc) is 3.00. The van der Waals surface area contributed by atoms with Crippen molar-refractivity contribution < 1.29 is 9.53 Å². The summed E-state index contributed by atoms with van der Waals surface area (Å²) >= 11 is 0. The molecule has 1 aliphatic rings. The summed E-state index contributed by atoms with van der Waals surface area (Å²) in [6.07, 6.45) is 5.76. The van der Waals surface area contributed by atoms with E-state index in [0.29, 0.717) is 18.9 Å². The van der Waals surface area contributed by atoms with Gasteiger partial charge in [0.25, 0.3) is 0 Å². The van der Waals surface area contributed by atoms with Crippen LogP contribution >= 0.6 is 0 Å². The molecule has 1 N–H and O–H groups in total. The van der Waals surface area contributed by atoms with Gasteiger partial charge in [-0.15, -0.1) is 12.3 Å². The summed E-state index contributed by atoms with van der Waals surface area (Å²) in [4.78, 5) is 21.0. The molecule has 0 bridgehead atoms. The van der Waals surface area contributed by atoms with Gasteiger partial charge in [-0.25, -0.2) is 4.98 Å². The highest BCUT2D eigenvalue weighted by Gasteiger charge is 2.31. The molecule has 3 rings (SSSR count). The molecule has 1 fully saturated rings. The van der Waals surface area contributed by atoms with Gasteiger partial charge in [0.15, 0.2) is 0 Å². The highest BCUT2D eigenvalue weighted by atomic mass is 16.5. The zero-order chi connectivity index (χ0) is 13.4. The second-order valence-corrected chi connectivity index (χ2v) is 4.52. The van der Waals surface area contributed by atoms with Gasteiger partial charge in [-0.3, -0.25) is 9.69 Å². The molecule has 1 aliphatic heterocycles. The number of carbonyl (C=O) groups is 1. The number of nitrogens with zero attached hydrogens (tertiary/aromatic N) is 2. The minimum Gasteiger partial charge on any atom is -0.497 e. The number of rotatable bonds is 2. The first-order valence-corrected chi connectivity index (χ1v) is 6.01. The number of hydrogen-bond acceptors (Lipinski definition) is 3. The molecule has 1 atom stereocenters. The van der Waals surface area contributed by atoms with E-state index in [1.54, 1.807) is 12.0 Å². The molecule has 1 saturated heterocycles. The van der Waals surface area contributed by atoms with E-state index in [1.165, 1.54) is 0 Å². The Balaban J connectivity index is 1.98. The second kappa shape index (κ2) is 4.32. The van der Waals surface area contributed by atoms with E-state index in [0.717, 1.165) is 16.8 Å². The number of ether oxygens (including phenoxy) is 1. The molecule has 2 aromatic rings. The van der Waals surface area contributed by atoms with Gasteiger partial charge in [0.1, 0.15) is 5.75 Å². The molecule has 0 aliphatic carbocycles.